The van der Waals surface area contributed by atoms with E-state index < -0.39 is 17.5 Å². The highest BCUT2D eigenvalue weighted by atomic mass is 19.1. The van der Waals surface area contributed by atoms with Gasteiger partial charge < -0.3 is 9.52 Å². The second-order valence-corrected chi connectivity index (χ2v) is 2.66. The van der Waals surface area contributed by atoms with Gasteiger partial charge in [-0.25, -0.2) is 19.2 Å². The molecule has 0 saturated heterocycles. The third-order valence-corrected chi connectivity index (χ3v) is 1.75. The Bertz CT molecular complexity index is 496. The van der Waals surface area contributed by atoms with Crippen LogP contribution in [0.5, 0.6) is 0 Å². The number of hydrogen-bond donors (Lipinski definition) is 1. The molecule has 0 spiro atoms. The van der Waals surface area contributed by atoms with Gasteiger partial charge in [-0.2, -0.15) is 0 Å². The standard InChI is InChI=1S/C9H5FN2O3/c10-6-5(8-12-3-4-15-8)1-2-11-7(6)9(13)14/h1-4H,(H,13,14). The minimum absolute atomic E-state index is 0.0209. The molecule has 2 rings (SSSR count). The molecule has 2 aromatic heterocycles. The molecule has 2 aromatic rings. The lowest BCUT2D eigenvalue weighted by atomic mass is 10.2. The van der Waals surface area contributed by atoms with E-state index in [2.05, 4.69) is 9.97 Å². The molecule has 0 aliphatic rings. The summed E-state index contributed by atoms with van der Waals surface area (Å²) in [5.41, 5.74) is -0.668. The predicted molar refractivity (Wildman–Crippen MR) is 46.7 cm³/mol. The Morgan fingerprint density at radius 1 is 1.40 bits per heavy atom. The van der Waals surface area contributed by atoms with Gasteiger partial charge in [0.25, 0.3) is 0 Å². The number of hydrogen-bond acceptors (Lipinski definition) is 4. The molecule has 0 radical (unpaired) electrons. The Morgan fingerprint density at radius 2 is 2.20 bits per heavy atom. The van der Waals surface area contributed by atoms with E-state index in [4.69, 9.17) is 9.52 Å². The zero-order chi connectivity index (χ0) is 10.8. The maximum absolute atomic E-state index is 13.5. The summed E-state index contributed by atoms with van der Waals surface area (Å²) in [5, 5.41) is 8.63. The normalized spacial score (nSPS) is 10.2. The number of aromatic nitrogens is 2. The van der Waals surface area contributed by atoms with Crippen molar-refractivity contribution in [2.75, 3.05) is 0 Å². The zero-order valence-corrected chi connectivity index (χ0v) is 7.35. The molecular weight excluding hydrogens is 203 g/mol. The fraction of sp³-hybridized carbons (Fsp3) is 0. The molecule has 0 aliphatic carbocycles. The van der Waals surface area contributed by atoms with E-state index in [1.54, 1.807) is 0 Å². The molecule has 0 aromatic carbocycles. The number of halogens is 1. The first-order valence-corrected chi connectivity index (χ1v) is 3.98. The van der Waals surface area contributed by atoms with Gasteiger partial charge in [0.2, 0.25) is 5.89 Å². The monoisotopic (exact) mass is 208 g/mol. The molecule has 6 heteroatoms. The molecule has 2 heterocycles. The van der Waals surface area contributed by atoms with Gasteiger partial charge in [-0.1, -0.05) is 0 Å². The van der Waals surface area contributed by atoms with Crippen molar-refractivity contribution in [3.8, 4) is 11.5 Å². The van der Waals surface area contributed by atoms with E-state index in [1.165, 1.54) is 24.7 Å². The maximum atomic E-state index is 13.5. The summed E-state index contributed by atoms with van der Waals surface area (Å²) in [6.45, 7) is 0. The molecule has 1 N–H and O–H groups in total. The van der Waals surface area contributed by atoms with Crippen molar-refractivity contribution < 1.29 is 18.7 Å². The highest BCUT2D eigenvalue weighted by molar-refractivity contribution is 5.87. The van der Waals surface area contributed by atoms with E-state index in [1.807, 2.05) is 0 Å². The van der Waals surface area contributed by atoms with Crippen LogP contribution in [0.4, 0.5) is 4.39 Å². The van der Waals surface area contributed by atoms with Crippen molar-refractivity contribution in [3.05, 3.63) is 36.2 Å². The van der Waals surface area contributed by atoms with Gasteiger partial charge in [0.15, 0.2) is 11.5 Å². The third kappa shape index (κ3) is 1.56. The Balaban J connectivity index is 2.59. The molecule has 0 unspecified atom stereocenters. The Hall–Kier alpha value is -2.24. The van der Waals surface area contributed by atoms with Crippen LogP contribution in [-0.4, -0.2) is 21.0 Å². The summed E-state index contributed by atoms with van der Waals surface area (Å²) >= 11 is 0. The maximum Gasteiger partial charge on any atom is 0.357 e. The second-order valence-electron chi connectivity index (χ2n) is 2.66. The van der Waals surface area contributed by atoms with Crippen molar-refractivity contribution in [3.63, 3.8) is 0 Å². The SMILES string of the molecule is O=C(O)c1nccc(-c2ncco2)c1F. The van der Waals surface area contributed by atoms with Gasteiger partial charge in [0.1, 0.15) is 6.26 Å². The van der Waals surface area contributed by atoms with Gasteiger partial charge >= 0.3 is 5.97 Å². The highest BCUT2D eigenvalue weighted by Gasteiger charge is 2.18. The van der Waals surface area contributed by atoms with Crippen LogP contribution >= 0.6 is 0 Å². The third-order valence-electron chi connectivity index (χ3n) is 1.75. The average molecular weight is 208 g/mol. The number of oxazole rings is 1. The Labute approximate surface area is 83.2 Å². The van der Waals surface area contributed by atoms with Gasteiger partial charge in [-0.3, -0.25) is 0 Å². The molecule has 15 heavy (non-hydrogen) atoms. The number of aromatic carboxylic acids is 1. The van der Waals surface area contributed by atoms with Crippen LogP contribution in [0.15, 0.2) is 29.1 Å². The van der Waals surface area contributed by atoms with Crippen LogP contribution in [0.3, 0.4) is 0 Å². The summed E-state index contributed by atoms with van der Waals surface area (Å²) in [6.07, 6.45) is 3.80. The van der Waals surface area contributed by atoms with Gasteiger partial charge in [0.05, 0.1) is 11.8 Å². The number of carboxylic acid groups (broad SMARTS) is 1. The van der Waals surface area contributed by atoms with E-state index in [9.17, 15) is 9.18 Å². The molecule has 0 saturated carbocycles. The van der Waals surface area contributed by atoms with Crippen molar-refractivity contribution >= 4 is 5.97 Å². The Kier molecular flexibility index (Phi) is 2.17. The molecule has 0 amide bonds. The first-order valence-electron chi connectivity index (χ1n) is 3.98. The molecule has 0 atom stereocenters. The number of rotatable bonds is 2. The van der Waals surface area contributed by atoms with Crippen LogP contribution in [0.25, 0.3) is 11.5 Å². The fourth-order valence-electron chi connectivity index (χ4n) is 1.11. The van der Waals surface area contributed by atoms with Crippen molar-refractivity contribution in [2.45, 2.75) is 0 Å². The summed E-state index contributed by atoms with van der Waals surface area (Å²) in [7, 11) is 0. The quantitative estimate of drug-likeness (QED) is 0.810. The topological polar surface area (TPSA) is 76.2 Å². The van der Waals surface area contributed by atoms with Crippen LogP contribution in [0, 0.1) is 5.82 Å². The number of carboxylic acids is 1. The lowest BCUT2D eigenvalue weighted by molar-refractivity contribution is 0.0685. The first-order chi connectivity index (χ1) is 7.20. The molecule has 0 bridgehead atoms. The van der Waals surface area contributed by atoms with Crippen molar-refractivity contribution in [2.24, 2.45) is 0 Å². The molecule has 76 valence electrons. The lowest BCUT2D eigenvalue weighted by Gasteiger charge is -2.00. The van der Waals surface area contributed by atoms with Crippen LogP contribution in [0.2, 0.25) is 0 Å². The van der Waals surface area contributed by atoms with Crippen LogP contribution < -0.4 is 0 Å². The average Bonchev–Trinajstić information content (AvgIpc) is 2.70. The summed E-state index contributed by atoms with van der Waals surface area (Å²) < 4.78 is 18.4. The lowest BCUT2D eigenvalue weighted by Crippen LogP contribution is -2.05. The number of carbonyl (C=O) groups is 1. The molecule has 0 aliphatic heterocycles. The molecular formula is C9H5FN2O3. The zero-order valence-electron chi connectivity index (χ0n) is 7.35. The second kappa shape index (κ2) is 3.49. The van der Waals surface area contributed by atoms with Gasteiger partial charge in [-0.15, -0.1) is 0 Å². The van der Waals surface area contributed by atoms with Crippen LogP contribution in [0.1, 0.15) is 10.5 Å². The summed E-state index contributed by atoms with van der Waals surface area (Å²) in [4.78, 5) is 17.7. The highest BCUT2D eigenvalue weighted by Crippen LogP contribution is 2.21. The largest absolute Gasteiger partial charge is 0.476 e. The van der Waals surface area contributed by atoms with E-state index >= 15 is 0 Å². The van der Waals surface area contributed by atoms with Crippen molar-refractivity contribution in [1.29, 1.82) is 0 Å². The van der Waals surface area contributed by atoms with Crippen molar-refractivity contribution in [1.82, 2.24) is 9.97 Å². The number of nitrogens with zero attached hydrogens (tertiary/aromatic N) is 2. The number of pyridine rings is 1. The molecule has 0 fully saturated rings. The van der Waals surface area contributed by atoms with Gasteiger partial charge in [-0.05, 0) is 6.07 Å². The smallest absolute Gasteiger partial charge is 0.357 e. The first kappa shape index (κ1) is 9.32. The van der Waals surface area contributed by atoms with E-state index in [0.29, 0.717) is 0 Å². The minimum atomic E-state index is -1.43. The van der Waals surface area contributed by atoms with E-state index in [-0.39, 0.29) is 11.5 Å². The van der Waals surface area contributed by atoms with Crippen LogP contribution in [-0.2, 0) is 0 Å². The molecule has 5 nitrogen and oxygen atoms in total. The fourth-order valence-corrected chi connectivity index (χ4v) is 1.11. The Morgan fingerprint density at radius 3 is 2.80 bits per heavy atom. The van der Waals surface area contributed by atoms with Gasteiger partial charge in [0, 0.05) is 6.20 Å². The minimum Gasteiger partial charge on any atom is -0.476 e. The summed E-state index contributed by atoms with van der Waals surface area (Å²) in [5.74, 6) is -2.36. The predicted octanol–water partition coefficient (Wildman–Crippen LogP) is 1.57. The van der Waals surface area contributed by atoms with E-state index in [0.717, 1.165) is 0 Å². The summed E-state index contributed by atoms with van der Waals surface area (Å²) in [6, 6.07) is 1.30.